The number of carbonyl (C=O) groups is 2. The zero-order chi connectivity index (χ0) is 22.8. The Kier molecular flexibility index (Phi) is 5.69. The lowest BCUT2D eigenvalue weighted by atomic mass is 10.1. The highest BCUT2D eigenvalue weighted by Crippen LogP contribution is 2.34. The van der Waals surface area contributed by atoms with Crippen molar-refractivity contribution in [3.8, 4) is 0 Å². The van der Waals surface area contributed by atoms with E-state index in [4.69, 9.17) is 5.73 Å². The number of likely N-dealkylation sites (tertiary alicyclic amines) is 1. The van der Waals surface area contributed by atoms with Crippen LogP contribution < -0.4 is 16.0 Å². The third-order valence-corrected chi connectivity index (χ3v) is 6.54. The molecule has 0 radical (unpaired) electrons. The predicted molar refractivity (Wildman–Crippen MR) is 129 cm³/mol. The topological polar surface area (TPSA) is 91.6 Å². The van der Waals surface area contributed by atoms with E-state index in [9.17, 15) is 9.59 Å². The number of amides is 2. The number of hydrogen-bond donors (Lipinski definition) is 2. The summed E-state index contributed by atoms with van der Waals surface area (Å²) in [5.74, 6) is 0.825. The van der Waals surface area contributed by atoms with E-state index in [1.54, 1.807) is 24.4 Å². The van der Waals surface area contributed by atoms with Crippen molar-refractivity contribution >= 4 is 29.0 Å². The van der Waals surface area contributed by atoms with Gasteiger partial charge in [0.1, 0.15) is 5.82 Å². The highest BCUT2D eigenvalue weighted by molar-refractivity contribution is 6.05. The van der Waals surface area contributed by atoms with E-state index >= 15 is 0 Å². The van der Waals surface area contributed by atoms with Gasteiger partial charge in [-0.05, 0) is 42.7 Å². The summed E-state index contributed by atoms with van der Waals surface area (Å²) in [6.45, 7) is 1.51. The third-order valence-electron chi connectivity index (χ3n) is 6.54. The lowest BCUT2D eigenvalue weighted by Gasteiger charge is -2.35. The first kappa shape index (κ1) is 21.0. The lowest BCUT2D eigenvalue weighted by Crippen LogP contribution is -2.49. The number of para-hydroxylation sites is 2. The second kappa shape index (κ2) is 8.94. The average molecular weight is 442 g/mol. The van der Waals surface area contributed by atoms with E-state index in [-0.39, 0.29) is 23.9 Å². The van der Waals surface area contributed by atoms with Gasteiger partial charge in [-0.25, -0.2) is 4.98 Å². The number of nitrogens with zero attached hydrogens (tertiary/aromatic N) is 3. The number of nitrogen functional groups attached to an aromatic ring is 1. The monoisotopic (exact) mass is 441 g/mol. The van der Waals surface area contributed by atoms with Crippen molar-refractivity contribution in [3.05, 3.63) is 84.1 Å². The van der Waals surface area contributed by atoms with Crippen LogP contribution in [-0.2, 0) is 11.2 Å². The molecule has 7 heteroatoms. The summed E-state index contributed by atoms with van der Waals surface area (Å²) in [5, 5.41) is 2.82. The molecule has 0 spiro atoms. The van der Waals surface area contributed by atoms with Crippen LogP contribution in [0, 0.1) is 0 Å². The number of carbonyl (C=O) groups excluding carboxylic acids is 2. The molecule has 0 aliphatic carbocycles. The van der Waals surface area contributed by atoms with Crippen LogP contribution in [-0.4, -0.2) is 46.9 Å². The lowest BCUT2D eigenvalue weighted by molar-refractivity contribution is -0.132. The minimum absolute atomic E-state index is 0.226. The molecule has 0 saturated carbocycles. The Hall–Kier alpha value is -3.87. The van der Waals surface area contributed by atoms with Crippen LogP contribution in [0.2, 0.25) is 0 Å². The molecule has 3 heterocycles. The second-order valence-corrected chi connectivity index (χ2v) is 8.67. The Labute approximate surface area is 193 Å². The molecule has 5 rings (SSSR count). The van der Waals surface area contributed by atoms with Crippen molar-refractivity contribution in [1.82, 2.24) is 9.88 Å². The maximum Gasteiger partial charge on any atom is 0.257 e. The maximum absolute atomic E-state index is 12.8. The molecule has 3 aromatic rings. The maximum atomic E-state index is 12.8. The fourth-order valence-electron chi connectivity index (χ4n) is 4.79. The molecule has 2 aromatic carbocycles. The van der Waals surface area contributed by atoms with E-state index in [1.807, 2.05) is 41.3 Å². The van der Waals surface area contributed by atoms with Gasteiger partial charge in [-0.15, -0.1) is 0 Å². The largest absolute Gasteiger partial charge is 0.397 e. The minimum atomic E-state index is -0.245. The number of piperazine rings is 1. The van der Waals surface area contributed by atoms with Crippen LogP contribution >= 0.6 is 0 Å². The van der Waals surface area contributed by atoms with Gasteiger partial charge in [-0.1, -0.05) is 42.5 Å². The molecule has 2 unspecified atom stereocenters. The highest BCUT2D eigenvalue weighted by Gasteiger charge is 2.45. The Bertz CT molecular complexity index is 1150. The smallest absolute Gasteiger partial charge is 0.257 e. The summed E-state index contributed by atoms with van der Waals surface area (Å²) in [7, 11) is 0. The van der Waals surface area contributed by atoms with Crippen molar-refractivity contribution < 1.29 is 9.59 Å². The van der Waals surface area contributed by atoms with Crippen molar-refractivity contribution in [2.24, 2.45) is 0 Å². The summed E-state index contributed by atoms with van der Waals surface area (Å²) in [5.41, 5.74) is 8.68. The molecule has 2 saturated heterocycles. The number of rotatable bonds is 6. The van der Waals surface area contributed by atoms with Crippen molar-refractivity contribution in [2.45, 2.75) is 31.3 Å². The molecule has 2 amide bonds. The van der Waals surface area contributed by atoms with Gasteiger partial charge in [0.05, 0.1) is 29.0 Å². The number of aromatic nitrogens is 1. The summed E-state index contributed by atoms with van der Waals surface area (Å²) in [6.07, 6.45) is 3.88. The standard InChI is InChI=1S/C26H27N5O2/c27-22-8-4-5-9-23(22)29-26(33)19-11-12-24(28-15-19)30-16-21-14-20(30)17-31(21)25(32)13-10-18-6-2-1-3-7-18/h1-9,11-12,15,20-21H,10,13-14,16-17,27H2,(H,29,33). The number of hydrogen-bond acceptors (Lipinski definition) is 5. The first-order valence-corrected chi connectivity index (χ1v) is 11.3. The quantitative estimate of drug-likeness (QED) is 0.573. The van der Waals surface area contributed by atoms with Gasteiger partial charge in [0, 0.05) is 25.7 Å². The molecular weight excluding hydrogens is 414 g/mol. The van der Waals surface area contributed by atoms with Crippen molar-refractivity contribution in [3.63, 3.8) is 0 Å². The van der Waals surface area contributed by atoms with Gasteiger partial charge in [-0.2, -0.15) is 0 Å². The van der Waals surface area contributed by atoms with Crippen LogP contribution in [0.1, 0.15) is 28.8 Å². The molecule has 33 heavy (non-hydrogen) atoms. The zero-order valence-corrected chi connectivity index (χ0v) is 18.4. The van der Waals surface area contributed by atoms with E-state index < -0.39 is 0 Å². The molecule has 2 aliphatic heterocycles. The van der Waals surface area contributed by atoms with Crippen LogP contribution in [0.4, 0.5) is 17.2 Å². The predicted octanol–water partition coefficient (Wildman–Crippen LogP) is 3.34. The van der Waals surface area contributed by atoms with Crippen LogP contribution in [0.15, 0.2) is 72.9 Å². The molecule has 3 N–H and O–H groups in total. The van der Waals surface area contributed by atoms with Crippen LogP contribution in [0.5, 0.6) is 0 Å². The molecule has 1 aromatic heterocycles. The molecule has 2 fully saturated rings. The van der Waals surface area contributed by atoms with Gasteiger partial charge < -0.3 is 20.9 Å². The van der Waals surface area contributed by atoms with E-state index in [1.165, 1.54) is 5.56 Å². The van der Waals surface area contributed by atoms with Gasteiger partial charge in [-0.3, -0.25) is 9.59 Å². The number of aryl methyl sites for hydroxylation is 1. The summed E-state index contributed by atoms with van der Waals surface area (Å²) < 4.78 is 0. The van der Waals surface area contributed by atoms with Crippen molar-refractivity contribution in [1.29, 1.82) is 0 Å². The molecular formula is C26H27N5O2. The van der Waals surface area contributed by atoms with Crippen LogP contribution in [0.3, 0.4) is 0 Å². The molecule has 2 atom stereocenters. The normalized spacial score (nSPS) is 19.0. The number of benzene rings is 2. The summed E-state index contributed by atoms with van der Waals surface area (Å²) >= 11 is 0. The molecule has 7 nitrogen and oxygen atoms in total. The third kappa shape index (κ3) is 4.39. The van der Waals surface area contributed by atoms with Gasteiger partial charge >= 0.3 is 0 Å². The SMILES string of the molecule is Nc1ccccc1NC(=O)c1ccc(N2CC3CC2CN3C(=O)CCc2ccccc2)nc1. The van der Waals surface area contributed by atoms with Crippen LogP contribution in [0.25, 0.3) is 0 Å². The Morgan fingerprint density at radius 3 is 2.45 bits per heavy atom. The number of nitrogens with two attached hydrogens (primary N) is 1. The number of nitrogens with one attached hydrogen (secondary N) is 1. The second-order valence-electron chi connectivity index (χ2n) is 8.67. The van der Waals surface area contributed by atoms with E-state index in [0.717, 1.165) is 31.7 Å². The fraction of sp³-hybridized carbons (Fsp3) is 0.269. The Morgan fingerprint density at radius 1 is 0.970 bits per heavy atom. The fourth-order valence-corrected chi connectivity index (χ4v) is 4.79. The van der Waals surface area contributed by atoms with Crippen molar-refractivity contribution in [2.75, 3.05) is 29.0 Å². The summed E-state index contributed by atoms with van der Waals surface area (Å²) in [6, 6.07) is 21.5. The van der Waals surface area contributed by atoms with Gasteiger partial charge in [0.2, 0.25) is 5.91 Å². The minimum Gasteiger partial charge on any atom is -0.397 e. The number of pyridine rings is 1. The molecule has 2 aliphatic rings. The molecule has 168 valence electrons. The average Bonchev–Trinajstić information content (AvgIpc) is 3.46. The highest BCUT2D eigenvalue weighted by atomic mass is 16.2. The van der Waals surface area contributed by atoms with E-state index in [0.29, 0.717) is 23.4 Å². The van der Waals surface area contributed by atoms with E-state index in [2.05, 4.69) is 27.3 Å². The Balaban J connectivity index is 1.17. The Morgan fingerprint density at radius 2 is 1.76 bits per heavy atom. The van der Waals surface area contributed by atoms with Gasteiger partial charge in [0.25, 0.3) is 5.91 Å². The molecule has 2 bridgehead atoms. The zero-order valence-electron chi connectivity index (χ0n) is 18.4. The summed E-state index contributed by atoms with van der Waals surface area (Å²) in [4.78, 5) is 34.2. The first-order chi connectivity index (χ1) is 16.1. The number of anilines is 3. The van der Waals surface area contributed by atoms with Gasteiger partial charge in [0.15, 0.2) is 0 Å². The first-order valence-electron chi connectivity index (χ1n) is 11.3. The number of fused-ring (bicyclic) bond motifs is 2.